The van der Waals surface area contributed by atoms with E-state index < -0.39 is 6.10 Å². The van der Waals surface area contributed by atoms with Crippen molar-refractivity contribution in [3.05, 3.63) is 29.2 Å². The molecular weight excluding hydrogens is 190 g/mol. The Balaban J connectivity index is 2.61. The third-order valence-electron chi connectivity index (χ3n) is 1.74. The smallest absolute Gasteiger partial charge is 0.156 e. The molecule has 0 aliphatic carbocycles. The van der Waals surface area contributed by atoms with E-state index >= 15 is 0 Å². The molecule has 0 fully saturated rings. The van der Waals surface area contributed by atoms with Crippen LogP contribution in [0.25, 0.3) is 5.65 Å². The monoisotopic (exact) mass is 197 g/mol. The molecule has 0 amide bonds. The summed E-state index contributed by atoms with van der Waals surface area (Å²) in [6.07, 6.45) is 1.15. The van der Waals surface area contributed by atoms with E-state index in [0.717, 1.165) is 0 Å². The zero-order valence-corrected chi connectivity index (χ0v) is 7.73. The van der Waals surface area contributed by atoms with Gasteiger partial charge in [-0.3, -0.25) is 0 Å². The molecule has 0 saturated heterocycles. The van der Waals surface area contributed by atoms with E-state index in [4.69, 9.17) is 11.6 Å². The molecule has 0 aromatic carbocycles. The van der Waals surface area contributed by atoms with Crippen LogP contribution in [0.2, 0.25) is 5.15 Å². The van der Waals surface area contributed by atoms with Gasteiger partial charge in [0.2, 0.25) is 0 Å². The lowest BCUT2D eigenvalue weighted by atomic mass is 10.3. The van der Waals surface area contributed by atoms with Gasteiger partial charge < -0.3 is 5.11 Å². The SMILES string of the molecule is CC(O)c1ccn2nc(Cl)cc2n1. The minimum absolute atomic E-state index is 0.398. The lowest BCUT2D eigenvalue weighted by molar-refractivity contribution is 0.194. The first-order valence-corrected chi connectivity index (χ1v) is 4.24. The number of aromatic nitrogens is 3. The molecule has 1 N–H and O–H groups in total. The molecule has 0 bridgehead atoms. The van der Waals surface area contributed by atoms with E-state index in [9.17, 15) is 5.11 Å². The Kier molecular flexibility index (Phi) is 1.94. The molecule has 0 radical (unpaired) electrons. The fraction of sp³-hybridized carbons (Fsp3) is 0.250. The first-order chi connectivity index (χ1) is 6.16. The van der Waals surface area contributed by atoms with Crippen molar-refractivity contribution in [1.29, 1.82) is 0 Å². The average molecular weight is 198 g/mol. The Hall–Kier alpha value is -1.13. The molecule has 2 aromatic rings. The highest BCUT2D eigenvalue weighted by Crippen LogP contribution is 2.13. The molecule has 1 atom stereocenters. The van der Waals surface area contributed by atoms with Crippen LogP contribution in [0.1, 0.15) is 18.7 Å². The fourth-order valence-corrected chi connectivity index (χ4v) is 1.28. The van der Waals surface area contributed by atoms with Gasteiger partial charge in [0, 0.05) is 12.3 Å². The molecule has 2 heterocycles. The van der Waals surface area contributed by atoms with Gasteiger partial charge in [0.05, 0.1) is 11.8 Å². The van der Waals surface area contributed by atoms with Crippen molar-refractivity contribution >= 4 is 17.2 Å². The van der Waals surface area contributed by atoms with Crippen LogP contribution in [0.3, 0.4) is 0 Å². The average Bonchev–Trinajstić information content (AvgIpc) is 2.42. The van der Waals surface area contributed by atoms with Crippen LogP contribution < -0.4 is 0 Å². The van der Waals surface area contributed by atoms with Crippen molar-refractivity contribution in [2.75, 3.05) is 0 Å². The number of aliphatic hydroxyl groups excluding tert-OH is 1. The van der Waals surface area contributed by atoms with Crippen molar-refractivity contribution in [2.24, 2.45) is 0 Å². The van der Waals surface area contributed by atoms with Gasteiger partial charge in [0.15, 0.2) is 10.8 Å². The van der Waals surface area contributed by atoms with Crippen molar-refractivity contribution in [1.82, 2.24) is 14.6 Å². The second kappa shape index (κ2) is 2.97. The highest BCUT2D eigenvalue weighted by atomic mass is 35.5. The third kappa shape index (κ3) is 1.50. The Bertz CT molecular complexity index is 438. The van der Waals surface area contributed by atoms with Crippen molar-refractivity contribution in [3.8, 4) is 0 Å². The standard InChI is InChI=1S/C8H8ClN3O/c1-5(13)6-2-3-12-8(10-6)4-7(9)11-12/h2-5,13H,1H3. The van der Waals surface area contributed by atoms with Crippen LogP contribution in [0.5, 0.6) is 0 Å². The minimum atomic E-state index is -0.571. The number of fused-ring (bicyclic) bond motifs is 1. The van der Waals surface area contributed by atoms with E-state index in [-0.39, 0.29) is 0 Å². The topological polar surface area (TPSA) is 50.4 Å². The summed E-state index contributed by atoms with van der Waals surface area (Å²) >= 11 is 5.68. The summed E-state index contributed by atoms with van der Waals surface area (Å²) in [5.74, 6) is 0. The van der Waals surface area contributed by atoms with Crippen LogP contribution in [-0.2, 0) is 0 Å². The Labute approximate surface area is 79.8 Å². The Morgan fingerprint density at radius 1 is 1.62 bits per heavy atom. The largest absolute Gasteiger partial charge is 0.387 e. The van der Waals surface area contributed by atoms with E-state index in [1.165, 1.54) is 0 Å². The van der Waals surface area contributed by atoms with Gasteiger partial charge in [-0.25, -0.2) is 9.50 Å². The quantitative estimate of drug-likeness (QED) is 0.753. The molecule has 0 aliphatic heterocycles. The van der Waals surface area contributed by atoms with E-state index in [1.807, 2.05) is 0 Å². The molecule has 4 nitrogen and oxygen atoms in total. The van der Waals surface area contributed by atoms with Gasteiger partial charge in [-0.05, 0) is 13.0 Å². The van der Waals surface area contributed by atoms with Crippen LogP contribution in [0, 0.1) is 0 Å². The second-order valence-electron chi connectivity index (χ2n) is 2.80. The van der Waals surface area contributed by atoms with E-state index in [0.29, 0.717) is 16.5 Å². The van der Waals surface area contributed by atoms with Gasteiger partial charge in [0.25, 0.3) is 0 Å². The lowest BCUT2D eigenvalue weighted by Crippen LogP contribution is -1.98. The maximum Gasteiger partial charge on any atom is 0.156 e. The van der Waals surface area contributed by atoms with Gasteiger partial charge in [-0.15, -0.1) is 0 Å². The summed E-state index contributed by atoms with van der Waals surface area (Å²) in [5, 5.41) is 13.6. The van der Waals surface area contributed by atoms with Gasteiger partial charge >= 0.3 is 0 Å². The van der Waals surface area contributed by atoms with Gasteiger partial charge in [-0.2, -0.15) is 5.10 Å². The molecule has 68 valence electrons. The van der Waals surface area contributed by atoms with Crippen molar-refractivity contribution in [2.45, 2.75) is 13.0 Å². The summed E-state index contributed by atoms with van der Waals surface area (Å²) in [7, 11) is 0. The highest BCUT2D eigenvalue weighted by Gasteiger charge is 2.05. The predicted molar refractivity (Wildman–Crippen MR) is 48.6 cm³/mol. The number of aliphatic hydroxyl groups is 1. The molecule has 0 saturated carbocycles. The summed E-state index contributed by atoms with van der Waals surface area (Å²) in [4.78, 5) is 4.16. The van der Waals surface area contributed by atoms with Crippen LogP contribution >= 0.6 is 11.6 Å². The third-order valence-corrected chi connectivity index (χ3v) is 1.93. The number of nitrogens with zero attached hydrogens (tertiary/aromatic N) is 3. The van der Waals surface area contributed by atoms with Crippen LogP contribution in [0.4, 0.5) is 0 Å². The second-order valence-corrected chi connectivity index (χ2v) is 3.19. The van der Waals surface area contributed by atoms with Crippen LogP contribution in [0.15, 0.2) is 18.3 Å². The number of hydrogen-bond acceptors (Lipinski definition) is 3. The van der Waals surface area contributed by atoms with E-state index in [2.05, 4.69) is 10.1 Å². The highest BCUT2D eigenvalue weighted by molar-refractivity contribution is 6.29. The molecule has 1 unspecified atom stereocenters. The van der Waals surface area contributed by atoms with Crippen molar-refractivity contribution < 1.29 is 5.11 Å². The maximum absolute atomic E-state index is 9.26. The predicted octanol–water partition coefficient (Wildman–Crippen LogP) is 1.44. The molecule has 13 heavy (non-hydrogen) atoms. The Morgan fingerprint density at radius 3 is 3.08 bits per heavy atom. The summed E-state index contributed by atoms with van der Waals surface area (Å²) < 4.78 is 1.56. The van der Waals surface area contributed by atoms with Crippen molar-refractivity contribution in [3.63, 3.8) is 0 Å². The van der Waals surface area contributed by atoms with Gasteiger partial charge in [-0.1, -0.05) is 11.6 Å². The van der Waals surface area contributed by atoms with Gasteiger partial charge in [0.1, 0.15) is 0 Å². The fourth-order valence-electron chi connectivity index (χ4n) is 1.10. The summed E-state index contributed by atoms with van der Waals surface area (Å²) in [6, 6.07) is 3.36. The first-order valence-electron chi connectivity index (χ1n) is 3.87. The molecule has 2 rings (SSSR count). The first kappa shape index (κ1) is 8.47. The summed E-state index contributed by atoms with van der Waals surface area (Å²) in [6.45, 7) is 1.66. The Morgan fingerprint density at radius 2 is 2.38 bits per heavy atom. The normalized spacial score (nSPS) is 13.5. The molecule has 2 aromatic heterocycles. The molecule has 5 heteroatoms. The zero-order chi connectivity index (χ0) is 9.42. The minimum Gasteiger partial charge on any atom is -0.387 e. The molecule has 0 aliphatic rings. The number of hydrogen-bond donors (Lipinski definition) is 1. The zero-order valence-electron chi connectivity index (χ0n) is 6.98. The lowest BCUT2D eigenvalue weighted by Gasteiger charge is -2.02. The molecular formula is C8H8ClN3O. The van der Waals surface area contributed by atoms with E-state index in [1.54, 1.807) is 29.8 Å². The number of rotatable bonds is 1. The number of halogens is 1. The summed E-state index contributed by atoms with van der Waals surface area (Å²) in [5.41, 5.74) is 1.26. The maximum atomic E-state index is 9.26. The molecule has 0 spiro atoms. The van der Waals surface area contributed by atoms with Crippen LogP contribution in [-0.4, -0.2) is 19.7 Å².